The number of hydrogen-bond donors (Lipinski definition) is 1. The molecule has 1 N–H and O–H groups in total. The molecule has 124 valence electrons. The summed E-state index contributed by atoms with van der Waals surface area (Å²) in [6.45, 7) is 12.9. The quantitative estimate of drug-likeness (QED) is 0.665. The molecule has 1 saturated carbocycles. The average Bonchev–Trinajstić information content (AvgIpc) is 3.20. The van der Waals surface area contributed by atoms with Crippen LogP contribution in [0.15, 0.2) is 0 Å². The molecule has 0 aliphatic heterocycles. The van der Waals surface area contributed by atoms with E-state index in [0.717, 1.165) is 12.3 Å². The Morgan fingerprint density at radius 2 is 1.90 bits per heavy atom. The van der Waals surface area contributed by atoms with Gasteiger partial charge in [0, 0.05) is 18.1 Å². The molecule has 1 rings (SSSR count). The SMILES string of the molecule is CCOC(=O)C(C)(CC(C)N(C)C(C)C1CC1)NC(C)C. The number of ether oxygens (including phenoxy) is 1. The number of carbonyl (C=O) groups excluding carboxylic acids is 1. The first-order chi connectivity index (χ1) is 9.71. The van der Waals surface area contributed by atoms with Crippen LogP contribution in [0.25, 0.3) is 0 Å². The molecule has 1 aliphatic rings. The maximum Gasteiger partial charge on any atom is 0.326 e. The lowest BCUT2D eigenvalue weighted by molar-refractivity contribution is -0.151. The van der Waals surface area contributed by atoms with Gasteiger partial charge in [-0.25, -0.2) is 0 Å². The van der Waals surface area contributed by atoms with Gasteiger partial charge in [-0.2, -0.15) is 0 Å². The first-order valence-corrected chi connectivity index (χ1v) is 8.38. The lowest BCUT2D eigenvalue weighted by Crippen LogP contribution is -2.56. The Kier molecular flexibility index (Phi) is 6.67. The van der Waals surface area contributed by atoms with Crippen LogP contribution in [0.4, 0.5) is 0 Å². The van der Waals surface area contributed by atoms with Crippen molar-refractivity contribution in [2.24, 2.45) is 5.92 Å². The molecule has 1 fully saturated rings. The van der Waals surface area contributed by atoms with Gasteiger partial charge in [0.2, 0.25) is 0 Å². The molecule has 0 radical (unpaired) electrons. The van der Waals surface area contributed by atoms with Crippen molar-refractivity contribution in [1.82, 2.24) is 10.2 Å². The van der Waals surface area contributed by atoms with Crippen molar-refractivity contribution in [3.63, 3.8) is 0 Å². The van der Waals surface area contributed by atoms with Crippen LogP contribution in [0.3, 0.4) is 0 Å². The smallest absolute Gasteiger partial charge is 0.326 e. The van der Waals surface area contributed by atoms with Crippen molar-refractivity contribution in [2.75, 3.05) is 13.7 Å². The number of nitrogens with zero attached hydrogens (tertiary/aromatic N) is 1. The fourth-order valence-corrected chi connectivity index (χ4v) is 3.18. The zero-order valence-corrected chi connectivity index (χ0v) is 14.9. The minimum absolute atomic E-state index is 0.141. The Morgan fingerprint density at radius 1 is 1.33 bits per heavy atom. The molecule has 0 aromatic heterocycles. The second-order valence-electron chi connectivity index (χ2n) is 7.15. The van der Waals surface area contributed by atoms with Crippen molar-refractivity contribution < 1.29 is 9.53 Å². The minimum atomic E-state index is -0.624. The Balaban J connectivity index is 2.71. The van der Waals surface area contributed by atoms with E-state index in [4.69, 9.17) is 4.74 Å². The first kappa shape index (κ1) is 18.4. The average molecular weight is 298 g/mol. The summed E-state index contributed by atoms with van der Waals surface area (Å²) >= 11 is 0. The summed E-state index contributed by atoms with van der Waals surface area (Å²) in [6.07, 6.45) is 3.45. The molecule has 1 aliphatic carbocycles. The van der Waals surface area contributed by atoms with Crippen LogP contribution in [-0.2, 0) is 9.53 Å². The van der Waals surface area contributed by atoms with Crippen molar-refractivity contribution >= 4 is 5.97 Å². The van der Waals surface area contributed by atoms with Gasteiger partial charge in [0.15, 0.2) is 0 Å². The van der Waals surface area contributed by atoms with Crippen LogP contribution >= 0.6 is 0 Å². The number of rotatable bonds is 9. The summed E-state index contributed by atoms with van der Waals surface area (Å²) in [7, 11) is 2.18. The molecule has 0 aromatic rings. The van der Waals surface area contributed by atoms with E-state index < -0.39 is 5.54 Å². The molecule has 3 atom stereocenters. The van der Waals surface area contributed by atoms with Crippen molar-refractivity contribution in [1.29, 1.82) is 0 Å². The van der Waals surface area contributed by atoms with Gasteiger partial charge in [-0.1, -0.05) is 0 Å². The van der Waals surface area contributed by atoms with E-state index in [0.29, 0.717) is 18.7 Å². The lowest BCUT2D eigenvalue weighted by atomic mass is 9.91. The van der Waals surface area contributed by atoms with Gasteiger partial charge in [-0.05, 0) is 73.8 Å². The zero-order chi connectivity index (χ0) is 16.2. The standard InChI is InChI=1S/C17H34N2O2/c1-8-21-16(20)17(6,18-12(2)3)11-13(4)19(7)14(5)15-9-10-15/h12-15,18H,8-11H2,1-7H3. The third-order valence-electron chi connectivity index (χ3n) is 4.68. The molecule has 21 heavy (non-hydrogen) atoms. The topological polar surface area (TPSA) is 41.6 Å². The predicted octanol–water partition coefficient (Wildman–Crippen LogP) is 2.82. The molecular formula is C17H34N2O2. The molecule has 4 heteroatoms. The minimum Gasteiger partial charge on any atom is -0.465 e. The molecule has 0 aromatic carbocycles. The zero-order valence-electron chi connectivity index (χ0n) is 14.9. The highest BCUT2D eigenvalue weighted by molar-refractivity contribution is 5.80. The van der Waals surface area contributed by atoms with Crippen LogP contribution in [0.2, 0.25) is 0 Å². The van der Waals surface area contributed by atoms with Crippen LogP contribution < -0.4 is 5.32 Å². The maximum absolute atomic E-state index is 12.4. The number of esters is 1. The highest BCUT2D eigenvalue weighted by Crippen LogP contribution is 2.36. The number of nitrogens with one attached hydrogen (secondary N) is 1. The fourth-order valence-electron chi connectivity index (χ4n) is 3.18. The van der Waals surface area contributed by atoms with Crippen LogP contribution in [0, 0.1) is 5.92 Å². The molecular weight excluding hydrogens is 264 g/mol. The Bertz CT molecular complexity index is 342. The largest absolute Gasteiger partial charge is 0.465 e. The molecule has 0 bridgehead atoms. The molecule has 0 saturated heterocycles. The summed E-state index contributed by atoms with van der Waals surface area (Å²) in [4.78, 5) is 14.8. The summed E-state index contributed by atoms with van der Waals surface area (Å²) < 4.78 is 5.29. The van der Waals surface area contributed by atoms with Gasteiger partial charge in [-0.15, -0.1) is 0 Å². The van der Waals surface area contributed by atoms with Crippen LogP contribution in [-0.4, -0.2) is 48.2 Å². The van der Waals surface area contributed by atoms with E-state index in [-0.39, 0.29) is 12.0 Å². The van der Waals surface area contributed by atoms with Crippen molar-refractivity contribution in [3.8, 4) is 0 Å². The van der Waals surface area contributed by atoms with E-state index in [1.54, 1.807) is 0 Å². The van der Waals surface area contributed by atoms with E-state index in [2.05, 4.69) is 45.0 Å². The second-order valence-corrected chi connectivity index (χ2v) is 7.15. The molecule has 0 heterocycles. The Morgan fingerprint density at radius 3 is 2.33 bits per heavy atom. The summed E-state index contributed by atoms with van der Waals surface area (Å²) in [5.41, 5.74) is -0.624. The van der Waals surface area contributed by atoms with Gasteiger partial charge in [0.05, 0.1) is 6.61 Å². The normalized spacial score (nSPS) is 21.2. The fraction of sp³-hybridized carbons (Fsp3) is 0.941. The second kappa shape index (κ2) is 7.59. The number of hydrogen-bond acceptors (Lipinski definition) is 4. The highest BCUT2D eigenvalue weighted by Gasteiger charge is 2.39. The monoisotopic (exact) mass is 298 g/mol. The molecule has 0 amide bonds. The summed E-state index contributed by atoms with van der Waals surface area (Å²) in [5.74, 6) is 0.697. The third kappa shape index (κ3) is 5.26. The number of carbonyl (C=O) groups is 1. The van der Waals surface area contributed by atoms with Crippen LogP contribution in [0.5, 0.6) is 0 Å². The molecule has 4 nitrogen and oxygen atoms in total. The van der Waals surface area contributed by atoms with Gasteiger partial charge in [0.1, 0.15) is 5.54 Å². The van der Waals surface area contributed by atoms with Gasteiger partial charge in [0.25, 0.3) is 0 Å². The van der Waals surface area contributed by atoms with E-state index in [1.807, 2.05) is 13.8 Å². The van der Waals surface area contributed by atoms with Gasteiger partial charge >= 0.3 is 5.97 Å². The third-order valence-corrected chi connectivity index (χ3v) is 4.68. The van der Waals surface area contributed by atoms with Crippen LogP contribution in [0.1, 0.15) is 60.8 Å². The predicted molar refractivity (Wildman–Crippen MR) is 87.3 cm³/mol. The van der Waals surface area contributed by atoms with E-state index in [1.165, 1.54) is 12.8 Å². The molecule has 0 spiro atoms. The van der Waals surface area contributed by atoms with Crippen molar-refractivity contribution in [3.05, 3.63) is 0 Å². The molecule has 3 unspecified atom stereocenters. The van der Waals surface area contributed by atoms with E-state index in [9.17, 15) is 4.79 Å². The van der Waals surface area contributed by atoms with Gasteiger partial charge < -0.3 is 9.64 Å². The Hall–Kier alpha value is -0.610. The first-order valence-electron chi connectivity index (χ1n) is 8.38. The maximum atomic E-state index is 12.4. The van der Waals surface area contributed by atoms with Crippen molar-refractivity contribution in [2.45, 2.75) is 84.5 Å². The Labute approximate surface area is 130 Å². The highest BCUT2D eigenvalue weighted by atomic mass is 16.5. The lowest BCUT2D eigenvalue weighted by Gasteiger charge is -2.38. The summed E-state index contributed by atoms with van der Waals surface area (Å²) in [6, 6.07) is 1.17. The van der Waals surface area contributed by atoms with E-state index >= 15 is 0 Å². The van der Waals surface area contributed by atoms with Gasteiger partial charge in [-0.3, -0.25) is 10.1 Å². The summed E-state index contributed by atoms with van der Waals surface area (Å²) in [5, 5.41) is 3.41.